The largest absolute Gasteiger partial charge is 0.192 e. The normalized spacial score (nSPS) is 11.3. The average molecular weight is 334 g/mol. The van der Waals surface area contributed by atoms with Gasteiger partial charge in [-0.3, -0.25) is 0 Å². The Morgan fingerprint density at radius 2 is 1.62 bits per heavy atom. The first-order valence-corrected chi connectivity index (χ1v) is 7.43. The molecule has 0 saturated heterocycles. The smallest absolute Gasteiger partial charge is 0.0998 e. The van der Waals surface area contributed by atoms with Crippen molar-refractivity contribution in [1.29, 1.82) is 5.26 Å². The highest BCUT2D eigenvalue weighted by Gasteiger charge is 2.05. The van der Waals surface area contributed by atoms with Gasteiger partial charge >= 0.3 is 0 Å². The molecule has 0 bridgehead atoms. The second-order valence-corrected chi connectivity index (χ2v) is 5.66. The minimum absolute atomic E-state index is 0.675. The van der Waals surface area contributed by atoms with Crippen LogP contribution in [-0.2, 0) is 0 Å². The summed E-state index contributed by atoms with van der Waals surface area (Å²) in [5, 5.41) is 11.8. The molecule has 0 N–H and O–H groups in total. The van der Waals surface area contributed by atoms with E-state index in [9.17, 15) is 5.26 Å². The van der Waals surface area contributed by atoms with Crippen molar-refractivity contribution in [3.8, 4) is 6.07 Å². The van der Waals surface area contributed by atoms with Crippen LogP contribution in [0, 0.1) is 11.3 Å². The Morgan fingerprint density at radius 3 is 2.38 bits per heavy atom. The number of benzene rings is 3. The van der Waals surface area contributed by atoms with Crippen molar-refractivity contribution >= 4 is 38.4 Å². The second kappa shape index (κ2) is 5.95. The average Bonchev–Trinajstić information content (AvgIpc) is 2.54. The molecule has 3 aromatic carbocycles. The molecule has 0 amide bonds. The Morgan fingerprint density at radius 1 is 0.905 bits per heavy atom. The van der Waals surface area contributed by atoms with Crippen LogP contribution in [0.4, 0.5) is 0 Å². The SMILES string of the molecule is N#C/C(=C/c1ccc(Br)cc1)c1cccc2ccccc12. The number of hydrogen-bond acceptors (Lipinski definition) is 1. The monoisotopic (exact) mass is 333 g/mol. The third-order valence-corrected chi connectivity index (χ3v) is 3.91. The van der Waals surface area contributed by atoms with Crippen molar-refractivity contribution in [2.45, 2.75) is 0 Å². The number of halogens is 1. The quantitative estimate of drug-likeness (QED) is 0.438. The molecule has 0 aliphatic heterocycles. The highest BCUT2D eigenvalue weighted by molar-refractivity contribution is 9.10. The summed E-state index contributed by atoms with van der Waals surface area (Å²) in [7, 11) is 0. The zero-order valence-electron chi connectivity index (χ0n) is 11.3. The molecular weight excluding hydrogens is 322 g/mol. The number of hydrogen-bond donors (Lipinski definition) is 0. The van der Waals surface area contributed by atoms with Crippen LogP contribution in [0.3, 0.4) is 0 Å². The molecule has 0 aliphatic rings. The lowest BCUT2D eigenvalue weighted by atomic mass is 9.97. The van der Waals surface area contributed by atoms with Crippen molar-refractivity contribution in [2.24, 2.45) is 0 Å². The van der Waals surface area contributed by atoms with E-state index in [1.807, 2.05) is 54.6 Å². The van der Waals surface area contributed by atoms with Crippen molar-refractivity contribution in [3.63, 3.8) is 0 Å². The topological polar surface area (TPSA) is 23.8 Å². The Kier molecular flexibility index (Phi) is 3.85. The molecule has 2 heteroatoms. The summed E-state index contributed by atoms with van der Waals surface area (Å²) in [6.45, 7) is 0. The van der Waals surface area contributed by atoms with Crippen LogP contribution in [-0.4, -0.2) is 0 Å². The van der Waals surface area contributed by atoms with Gasteiger partial charge in [0.15, 0.2) is 0 Å². The molecule has 0 atom stereocenters. The number of nitriles is 1. The fourth-order valence-electron chi connectivity index (χ4n) is 2.36. The maximum atomic E-state index is 9.53. The van der Waals surface area contributed by atoms with E-state index in [1.54, 1.807) is 0 Å². The van der Waals surface area contributed by atoms with Gasteiger partial charge in [0.05, 0.1) is 11.6 Å². The molecule has 21 heavy (non-hydrogen) atoms. The van der Waals surface area contributed by atoms with Crippen molar-refractivity contribution < 1.29 is 0 Å². The van der Waals surface area contributed by atoms with Gasteiger partial charge in [0.1, 0.15) is 0 Å². The van der Waals surface area contributed by atoms with Gasteiger partial charge in [0, 0.05) is 10.0 Å². The highest BCUT2D eigenvalue weighted by Crippen LogP contribution is 2.26. The fraction of sp³-hybridized carbons (Fsp3) is 0. The molecule has 0 radical (unpaired) electrons. The summed E-state index contributed by atoms with van der Waals surface area (Å²) in [5.74, 6) is 0. The summed E-state index contributed by atoms with van der Waals surface area (Å²) in [6, 6.07) is 24.4. The molecule has 0 unspecified atom stereocenters. The molecule has 0 fully saturated rings. The maximum Gasteiger partial charge on any atom is 0.0998 e. The first-order chi connectivity index (χ1) is 10.3. The minimum atomic E-state index is 0.675. The van der Waals surface area contributed by atoms with E-state index >= 15 is 0 Å². The summed E-state index contributed by atoms with van der Waals surface area (Å²) in [4.78, 5) is 0. The summed E-state index contributed by atoms with van der Waals surface area (Å²) >= 11 is 3.42. The molecule has 3 aromatic rings. The van der Waals surface area contributed by atoms with E-state index in [2.05, 4.69) is 40.2 Å². The van der Waals surface area contributed by atoms with Gasteiger partial charge in [-0.15, -0.1) is 0 Å². The lowest BCUT2D eigenvalue weighted by molar-refractivity contribution is 1.53. The molecule has 1 nitrogen and oxygen atoms in total. The third kappa shape index (κ3) is 2.89. The Labute approximate surface area is 132 Å². The molecule has 0 aliphatic carbocycles. The van der Waals surface area contributed by atoms with E-state index in [-0.39, 0.29) is 0 Å². The summed E-state index contributed by atoms with van der Waals surface area (Å²) < 4.78 is 1.03. The van der Waals surface area contributed by atoms with Crippen LogP contribution in [0.25, 0.3) is 22.4 Å². The van der Waals surface area contributed by atoms with Crippen LogP contribution in [0.5, 0.6) is 0 Å². The number of allylic oxidation sites excluding steroid dienone is 1. The molecule has 0 spiro atoms. The van der Waals surface area contributed by atoms with Crippen LogP contribution >= 0.6 is 15.9 Å². The summed E-state index contributed by atoms with van der Waals surface area (Å²) in [5.41, 5.74) is 2.66. The van der Waals surface area contributed by atoms with Gasteiger partial charge in [0.2, 0.25) is 0 Å². The maximum absolute atomic E-state index is 9.53. The van der Waals surface area contributed by atoms with Gasteiger partial charge in [-0.25, -0.2) is 0 Å². The molecule has 0 heterocycles. The predicted octanol–water partition coefficient (Wildman–Crippen LogP) is 5.67. The molecule has 100 valence electrons. The lowest BCUT2D eigenvalue weighted by Crippen LogP contribution is -1.85. The predicted molar refractivity (Wildman–Crippen MR) is 91.6 cm³/mol. The molecular formula is C19H12BrN. The molecule has 0 saturated carbocycles. The number of fused-ring (bicyclic) bond motifs is 1. The standard InChI is InChI=1S/C19H12BrN/c20-17-10-8-14(9-11-17)12-16(13-21)19-7-3-5-15-4-1-2-6-18(15)19/h1-12H/b16-12-. The zero-order valence-corrected chi connectivity index (χ0v) is 12.8. The number of nitrogens with zero attached hydrogens (tertiary/aromatic N) is 1. The lowest BCUT2D eigenvalue weighted by Gasteiger charge is -2.05. The van der Waals surface area contributed by atoms with Crippen LogP contribution in [0.2, 0.25) is 0 Å². The van der Waals surface area contributed by atoms with Gasteiger partial charge in [0.25, 0.3) is 0 Å². The Bertz CT molecular complexity index is 849. The second-order valence-electron chi connectivity index (χ2n) is 4.75. The third-order valence-electron chi connectivity index (χ3n) is 3.38. The molecule has 3 rings (SSSR count). The van der Waals surface area contributed by atoms with Crippen molar-refractivity contribution in [2.75, 3.05) is 0 Å². The van der Waals surface area contributed by atoms with E-state index in [4.69, 9.17) is 0 Å². The van der Waals surface area contributed by atoms with Gasteiger partial charge in [-0.1, -0.05) is 70.5 Å². The van der Waals surface area contributed by atoms with Crippen molar-refractivity contribution in [3.05, 3.63) is 82.3 Å². The van der Waals surface area contributed by atoms with E-state index in [0.717, 1.165) is 26.4 Å². The van der Waals surface area contributed by atoms with Gasteiger partial charge in [-0.2, -0.15) is 5.26 Å². The summed E-state index contributed by atoms with van der Waals surface area (Å²) in [6.07, 6.45) is 1.92. The molecule has 0 aromatic heterocycles. The van der Waals surface area contributed by atoms with E-state index in [1.165, 1.54) is 0 Å². The Balaban J connectivity index is 2.15. The van der Waals surface area contributed by atoms with Gasteiger partial charge in [-0.05, 0) is 34.5 Å². The Hall–Kier alpha value is -2.37. The van der Waals surface area contributed by atoms with Crippen LogP contribution < -0.4 is 0 Å². The van der Waals surface area contributed by atoms with E-state index < -0.39 is 0 Å². The number of rotatable bonds is 2. The van der Waals surface area contributed by atoms with Gasteiger partial charge < -0.3 is 0 Å². The van der Waals surface area contributed by atoms with Crippen LogP contribution in [0.1, 0.15) is 11.1 Å². The highest BCUT2D eigenvalue weighted by atomic mass is 79.9. The zero-order chi connectivity index (χ0) is 14.7. The fourth-order valence-corrected chi connectivity index (χ4v) is 2.62. The van der Waals surface area contributed by atoms with E-state index in [0.29, 0.717) is 5.57 Å². The van der Waals surface area contributed by atoms with Crippen molar-refractivity contribution in [1.82, 2.24) is 0 Å². The first kappa shape index (κ1) is 13.6. The minimum Gasteiger partial charge on any atom is -0.192 e. The van der Waals surface area contributed by atoms with Crippen LogP contribution in [0.15, 0.2) is 71.2 Å². The first-order valence-electron chi connectivity index (χ1n) is 6.63.